The first kappa shape index (κ1) is 23.1. The van der Waals surface area contributed by atoms with E-state index in [1.807, 2.05) is 41.1 Å². The van der Waals surface area contributed by atoms with Gasteiger partial charge in [0.05, 0.1) is 16.0 Å². The van der Waals surface area contributed by atoms with Crippen LogP contribution in [0.5, 0.6) is 11.5 Å². The van der Waals surface area contributed by atoms with Gasteiger partial charge < -0.3 is 14.0 Å². The number of anilines is 1. The molecule has 1 amide bonds. The number of ether oxygens (including phenoxy) is 2. The summed E-state index contributed by atoms with van der Waals surface area (Å²) in [5, 5.41) is 1.20. The Morgan fingerprint density at radius 1 is 1.24 bits per heavy atom. The first-order valence-corrected chi connectivity index (χ1v) is 11.3. The molecule has 33 heavy (non-hydrogen) atoms. The van der Waals surface area contributed by atoms with E-state index in [-0.39, 0.29) is 25.1 Å². The zero-order valence-corrected chi connectivity index (χ0v) is 19.8. The molecular formula is C23H20Cl2N4O3S. The smallest absolute Gasteiger partial charge is 0.252 e. The van der Waals surface area contributed by atoms with E-state index in [0.29, 0.717) is 33.7 Å². The number of para-hydroxylation sites is 1. The summed E-state index contributed by atoms with van der Waals surface area (Å²) in [6, 6.07) is 11.2. The van der Waals surface area contributed by atoms with E-state index >= 15 is 0 Å². The Morgan fingerprint density at radius 2 is 2.12 bits per heavy atom. The maximum Gasteiger partial charge on any atom is 0.252 e. The molecule has 1 aliphatic rings. The number of carbonyl (C=O) groups excluding carboxylic acids is 1. The normalized spacial score (nSPS) is 12.3. The second kappa shape index (κ2) is 10.2. The summed E-state index contributed by atoms with van der Waals surface area (Å²) >= 11 is 7.76. The molecule has 4 aromatic rings. The molecule has 0 atom stereocenters. The number of rotatable bonds is 7. The summed E-state index contributed by atoms with van der Waals surface area (Å²) in [7, 11) is 0. The number of halogens is 2. The van der Waals surface area contributed by atoms with Crippen molar-refractivity contribution in [3.05, 3.63) is 71.8 Å². The van der Waals surface area contributed by atoms with Gasteiger partial charge in [0.25, 0.3) is 5.91 Å². The van der Waals surface area contributed by atoms with Gasteiger partial charge >= 0.3 is 0 Å². The molecule has 0 bridgehead atoms. The van der Waals surface area contributed by atoms with Crippen molar-refractivity contribution >= 4 is 62.7 Å². The summed E-state index contributed by atoms with van der Waals surface area (Å²) < 4.78 is 13.7. The van der Waals surface area contributed by atoms with E-state index in [0.717, 1.165) is 23.2 Å². The van der Waals surface area contributed by atoms with Gasteiger partial charge in [-0.05, 0) is 42.3 Å². The highest BCUT2D eigenvalue weighted by Gasteiger charge is 2.19. The lowest BCUT2D eigenvalue weighted by atomic mass is 10.2. The molecule has 3 heterocycles. The van der Waals surface area contributed by atoms with Crippen LogP contribution in [0.3, 0.4) is 0 Å². The Morgan fingerprint density at radius 3 is 2.94 bits per heavy atom. The minimum absolute atomic E-state index is 0. The minimum Gasteiger partial charge on any atom is -0.454 e. The van der Waals surface area contributed by atoms with E-state index < -0.39 is 0 Å². The van der Waals surface area contributed by atoms with E-state index in [1.165, 1.54) is 11.3 Å². The molecule has 0 radical (unpaired) electrons. The fourth-order valence-electron chi connectivity index (χ4n) is 3.42. The Labute approximate surface area is 205 Å². The van der Waals surface area contributed by atoms with Crippen LogP contribution in [0.1, 0.15) is 12.0 Å². The molecular weight excluding hydrogens is 483 g/mol. The van der Waals surface area contributed by atoms with Crippen LogP contribution in [0.25, 0.3) is 16.3 Å². The summed E-state index contributed by atoms with van der Waals surface area (Å²) in [6.07, 6.45) is 9.50. The molecule has 0 aliphatic carbocycles. The van der Waals surface area contributed by atoms with Crippen molar-refractivity contribution in [1.29, 1.82) is 0 Å². The van der Waals surface area contributed by atoms with Gasteiger partial charge in [-0.15, -0.1) is 12.4 Å². The zero-order valence-electron chi connectivity index (χ0n) is 17.4. The van der Waals surface area contributed by atoms with Crippen molar-refractivity contribution < 1.29 is 14.3 Å². The monoisotopic (exact) mass is 502 g/mol. The third-order valence-corrected chi connectivity index (χ3v) is 6.38. The molecule has 0 N–H and O–H groups in total. The number of benzene rings is 2. The number of carbonyl (C=O) groups is 1. The van der Waals surface area contributed by atoms with E-state index in [9.17, 15) is 4.79 Å². The van der Waals surface area contributed by atoms with E-state index in [2.05, 4.69) is 9.97 Å². The predicted octanol–water partition coefficient (Wildman–Crippen LogP) is 5.43. The second-order valence-corrected chi connectivity index (χ2v) is 8.59. The number of nitrogens with zero attached hydrogens (tertiary/aromatic N) is 4. The number of imidazole rings is 1. The number of thiazole rings is 1. The van der Waals surface area contributed by atoms with Gasteiger partial charge in [0.1, 0.15) is 5.52 Å². The molecule has 0 fully saturated rings. The third kappa shape index (κ3) is 5.13. The molecule has 0 spiro atoms. The van der Waals surface area contributed by atoms with Crippen molar-refractivity contribution in [2.45, 2.75) is 13.0 Å². The fourth-order valence-corrected chi connectivity index (χ4v) is 4.72. The van der Waals surface area contributed by atoms with Crippen molar-refractivity contribution in [2.24, 2.45) is 0 Å². The summed E-state index contributed by atoms with van der Waals surface area (Å²) in [4.78, 5) is 23.6. The van der Waals surface area contributed by atoms with Gasteiger partial charge in [-0.25, -0.2) is 9.97 Å². The van der Waals surface area contributed by atoms with Gasteiger partial charge in [-0.1, -0.05) is 35.1 Å². The van der Waals surface area contributed by atoms with Crippen LogP contribution >= 0.6 is 35.3 Å². The van der Waals surface area contributed by atoms with Crippen LogP contribution in [0, 0.1) is 0 Å². The van der Waals surface area contributed by atoms with E-state index in [4.69, 9.17) is 21.1 Å². The highest BCUT2D eigenvalue weighted by Crippen LogP contribution is 2.34. The van der Waals surface area contributed by atoms with Crippen LogP contribution in [0.15, 0.2) is 61.2 Å². The highest BCUT2D eigenvalue weighted by atomic mass is 35.5. The summed E-state index contributed by atoms with van der Waals surface area (Å²) in [6.45, 7) is 1.48. The Bertz CT molecular complexity index is 1290. The largest absolute Gasteiger partial charge is 0.454 e. The highest BCUT2D eigenvalue weighted by molar-refractivity contribution is 7.22. The van der Waals surface area contributed by atoms with Crippen LogP contribution in [0.2, 0.25) is 5.02 Å². The van der Waals surface area contributed by atoms with Crippen LogP contribution in [-0.2, 0) is 11.3 Å². The Kier molecular flexibility index (Phi) is 7.17. The molecule has 0 saturated heterocycles. The molecule has 10 heteroatoms. The number of fused-ring (bicyclic) bond motifs is 2. The Balaban J connectivity index is 0.00000259. The summed E-state index contributed by atoms with van der Waals surface area (Å²) in [5.74, 6) is 1.24. The first-order valence-electron chi connectivity index (χ1n) is 10.1. The topological polar surface area (TPSA) is 69.5 Å². The SMILES string of the molecule is Cl.O=C(/C=C/c1ccc2c(c1)OCO2)N(CCCn1ccnc1)c1nc2c(Cl)cccc2s1. The van der Waals surface area contributed by atoms with Crippen molar-refractivity contribution in [2.75, 3.05) is 18.2 Å². The number of amides is 1. The second-order valence-electron chi connectivity index (χ2n) is 7.17. The average Bonchev–Trinajstić information content (AvgIpc) is 3.55. The lowest BCUT2D eigenvalue weighted by Crippen LogP contribution is -2.30. The maximum absolute atomic E-state index is 13.2. The average molecular weight is 503 g/mol. The quantitative estimate of drug-likeness (QED) is 0.315. The third-order valence-electron chi connectivity index (χ3n) is 5.03. The lowest BCUT2D eigenvalue weighted by molar-refractivity contribution is -0.114. The maximum atomic E-state index is 13.2. The molecule has 170 valence electrons. The standard InChI is InChI=1S/C23H19ClN4O3S.ClH/c24-17-3-1-4-20-22(17)26-23(32-20)28(11-2-10-27-12-9-25-14-27)21(29)8-6-16-5-7-18-19(13-16)31-15-30-18;/h1,3-9,12-14H,2,10-11,15H2;1H/b8-6+;. The van der Waals surface area contributed by atoms with Crippen molar-refractivity contribution in [3.63, 3.8) is 0 Å². The van der Waals surface area contributed by atoms with Gasteiger partial charge in [0.2, 0.25) is 6.79 Å². The number of hydrogen-bond donors (Lipinski definition) is 0. The van der Waals surface area contributed by atoms with Gasteiger partial charge in [-0.3, -0.25) is 9.69 Å². The molecule has 5 rings (SSSR count). The zero-order chi connectivity index (χ0) is 21.9. The molecule has 7 nitrogen and oxygen atoms in total. The predicted molar refractivity (Wildman–Crippen MR) is 133 cm³/mol. The van der Waals surface area contributed by atoms with Crippen LogP contribution in [-0.4, -0.2) is 33.8 Å². The molecule has 2 aromatic carbocycles. The van der Waals surface area contributed by atoms with E-state index in [1.54, 1.807) is 35.6 Å². The van der Waals surface area contributed by atoms with Gasteiger partial charge in [-0.2, -0.15) is 0 Å². The van der Waals surface area contributed by atoms with Crippen molar-refractivity contribution in [3.8, 4) is 11.5 Å². The fraction of sp³-hybridized carbons (Fsp3) is 0.174. The van der Waals surface area contributed by atoms with Crippen LogP contribution in [0.4, 0.5) is 5.13 Å². The number of hydrogen-bond acceptors (Lipinski definition) is 6. The molecule has 1 aliphatic heterocycles. The van der Waals surface area contributed by atoms with Gasteiger partial charge in [0, 0.05) is 31.6 Å². The molecule has 0 unspecified atom stereocenters. The molecule has 2 aromatic heterocycles. The first-order chi connectivity index (χ1) is 15.7. The van der Waals surface area contributed by atoms with Crippen LogP contribution < -0.4 is 14.4 Å². The number of aromatic nitrogens is 3. The lowest BCUT2D eigenvalue weighted by Gasteiger charge is -2.18. The van der Waals surface area contributed by atoms with Gasteiger partial charge in [0.15, 0.2) is 16.6 Å². The minimum atomic E-state index is -0.150. The number of aryl methyl sites for hydroxylation is 1. The Hall–Kier alpha value is -3.07. The molecule has 0 saturated carbocycles. The van der Waals surface area contributed by atoms with Crippen molar-refractivity contribution in [1.82, 2.24) is 14.5 Å². The summed E-state index contributed by atoms with van der Waals surface area (Å²) in [5.41, 5.74) is 1.56.